The first-order chi connectivity index (χ1) is 10.3. The van der Waals surface area contributed by atoms with Gasteiger partial charge in [0.15, 0.2) is 0 Å². The lowest BCUT2D eigenvalue weighted by Gasteiger charge is -2.25. The zero-order valence-electron chi connectivity index (χ0n) is 13.0. The molecule has 0 spiro atoms. The van der Waals surface area contributed by atoms with Crippen LogP contribution in [0.5, 0.6) is 0 Å². The molecule has 2 aromatic heterocycles. The number of rotatable bonds is 7. The van der Waals surface area contributed by atoms with E-state index >= 15 is 0 Å². The fraction of sp³-hybridized carbons (Fsp3) is 0.438. The van der Waals surface area contributed by atoms with E-state index in [0.29, 0.717) is 0 Å². The van der Waals surface area contributed by atoms with Gasteiger partial charge in [0.25, 0.3) is 0 Å². The SMILES string of the molecule is CCCc1c(NC)ncnc1N(CC)Cc1ccncc1. The van der Waals surface area contributed by atoms with Gasteiger partial charge in [-0.15, -0.1) is 0 Å². The van der Waals surface area contributed by atoms with Crippen molar-refractivity contribution in [2.75, 3.05) is 23.8 Å². The van der Waals surface area contributed by atoms with E-state index < -0.39 is 0 Å². The molecule has 0 amide bonds. The summed E-state index contributed by atoms with van der Waals surface area (Å²) in [5.41, 5.74) is 2.43. The molecule has 0 aromatic carbocycles. The first-order valence-corrected chi connectivity index (χ1v) is 7.45. The molecular formula is C16H23N5. The van der Waals surface area contributed by atoms with E-state index in [1.165, 1.54) is 11.1 Å². The minimum Gasteiger partial charge on any atom is -0.373 e. The van der Waals surface area contributed by atoms with Crippen molar-refractivity contribution in [1.82, 2.24) is 15.0 Å². The Morgan fingerprint density at radius 2 is 1.90 bits per heavy atom. The molecule has 5 nitrogen and oxygen atoms in total. The maximum atomic E-state index is 4.53. The summed E-state index contributed by atoms with van der Waals surface area (Å²) in [7, 11) is 1.91. The average molecular weight is 285 g/mol. The minimum absolute atomic E-state index is 0.829. The van der Waals surface area contributed by atoms with Gasteiger partial charge >= 0.3 is 0 Å². The van der Waals surface area contributed by atoms with E-state index in [0.717, 1.165) is 37.6 Å². The van der Waals surface area contributed by atoms with Crippen LogP contribution in [0.4, 0.5) is 11.6 Å². The molecule has 0 unspecified atom stereocenters. The number of hydrogen-bond acceptors (Lipinski definition) is 5. The number of nitrogens with zero attached hydrogens (tertiary/aromatic N) is 4. The van der Waals surface area contributed by atoms with Crippen LogP contribution in [-0.4, -0.2) is 28.5 Å². The van der Waals surface area contributed by atoms with E-state index in [-0.39, 0.29) is 0 Å². The second-order valence-corrected chi connectivity index (χ2v) is 4.89. The quantitative estimate of drug-likeness (QED) is 0.847. The molecule has 0 saturated carbocycles. The maximum absolute atomic E-state index is 4.53. The highest BCUT2D eigenvalue weighted by Gasteiger charge is 2.15. The van der Waals surface area contributed by atoms with Crippen LogP contribution in [0.15, 0.2) is 30.9 Å². The Labute approximate surface area is 126 Å². The van der Waals surface area contributed by atoms with Crippen LogP contribution in [0.25, 0.3) is 0 Å². The summed E-state index contributed by atoms with van der Waals surface area (Å²) in [5, 5.41) is 3.18. The lowest BCUT2D eigenvalue weighted by atomic mass is 10.1. The number of nitrogens with one attached hydrogen (secondary N) is 1. The molecule has 0 atom stereocenters. The molecule has 21 heavy (non-hydrogen) atoms. The second-order valence-electron chi connectivity index (χ2n) is 4.89. The average Bonchev–Trinajstić information content (AvgIpc) is 2.54. The van der Waals surface area contributed by atoms with Crippen LogP contribution in [0, 0.1) is 0 Å². The highest BCUT2D eigenvalue weighted by atomic mass is 15.2. The zero-order valence-corrected chi connectivity index (χ0v) is 13.0. The third-order valence-electron chi connectivity index (χ3n) is 3.46. The van der Waals surface area contributed by atoms with E-state index in [9.17, 15) is 0 Å². The van der Waals surface area contributed by atoms with Gasteiger partial charge in [0, 0.05) is 38.1 Å². The molecule has 0 aliphatic rings. The monoisotopic (exact) mass is 285 g/mol. The molecule has 2 aromatic rings. The van der Waals surface area contributed by atoms with Crippen LogP contribution < -0.4 is 10.2 Å². The molecule has 0 bridgehead atoms. The first-order valence-electron chi connectivity index (χ1n) is 7.45. The molecule has 0 radical (unpaired) electrons. The van der Waals surface area contributed by atoms with Gasteiger partial charge in [-0.2, -0.15) is 0 Å². The second kappa shape index (κ2) is 7.57. The van der Waals surface area contributed by atoms with Crippen LogP contribution in [0.3, 0.4) is 0 Å². The Morgan fingerprint density at radius 1 is 1.14 bits per heavy atom. The predicted octanol–water partition coefficient (Wildman–Crippen LogP) is 2.89. The third kappa shape index (κ3) is 3.68. The Kier molecular flexibility index (Phi) is 5.49. The third-order valence-corrected chi connectivity index (χ3v) is 3.46. The van der Waals surface area contributed by atoms with E-state index in [1.54, 1.807) is 6.33 Å². The number of pyridine rings is 1. The molecule has 5 heteroatoms. The first kappa shape index (κ1) is 15.2. The van der Waals surface area contributed by atoms with Crippen LogP contribution >= 0.6 is 0 Å². The highest BCUT2D eigenvalue weighted by molar-refractivity contribution is 5.58. The van der Waals surface area contributed by atoms with E-state index in [1.807, 2.05) is 31.6 Å². The van der Waals surface area contributed by atoms with Crippen molar-refractivity contribution in [3.63, 3.8) is 0 Å². The van der Waals surface area contributed by atoms with Crippen molar-refractivity contribution in [3.8, 4) is 0 Å². The van der Waals surface area contributed by atoms with E-state index in [2.05, 4.69) is 39.0 Å². The highest BCUT2D eigenvalue weighted by Crippen LogP contribution is 2.25. The standard InChI is InChI=1S/C16H23N5/c1-4-6-14-15(17-3)19-12-20-16(14)21(5-2)11-13-7-9-18-10-8-13/h7-10,12H,4-6,11H2,1-3H3,(H,17,19,20). The van der Waals surface area contributed by atoms with Crippen molar-refractivity contribution in [2.45, 2.75) is 33.2 Å². The normalized spacial score (nSPS) is 10.4. The topological polar surface area (TPSA) is 53.9 Å². The summed E-state index contributed by atoms with van der Waals surface area (Å²) in [6, 6.07) is 4.09. The Morgan fingerprint density at radius 3 is 2.52 bits per heavy atom. The summed E-state index contributed by atoms with van der Waals surface area (Å²) >= 11 is 0. The van der Waals surface area contributed by atoms with Gasteiger partial charge in [0.1, 0.15) is 18.0 Å². The van der Waals surface area contributed by atoms with Crippen LogP contribution in [0.1, 0.15) is 31.4 Å². The van der Waals surface area contributed by atoms with Gasteiger partial charge in [-0.05, 0) is 31.0 Å². The Bertz CT molecular complexity index is 556. The zero-order chi connectivity index (χ0) is 15.1. The van der Waals surface area contributed by atoms with Gasteiger partial charge in [0.2, 0.25) is 0 Å². The summed E-state index contributed by atoms with van der Waals surface area (Å²) in [6.07, 6.45) is 7.33. The lowest BCUT2D eigenvalue weighted by Crippen LogP contribution is -2.25. The van der Waals surface area contributed by atoms with Crippen molar-refractivity contribution in [3.05, 3.63) is 42.0 Å². The van der Waals surface area contributed by atoms with Crippen molar-refractivity contribution < 1.29 is 0 Å². The molecule has 1 N–H and O–H groups in total. The Balaban J connectivity index is 2.33. The largest absolute Gasteiger partial charge is 0.373 e. The molecular weight excluding hydrogens is 262 g/mol. The molecule has 2 rings (SSSR count). The van der Waals surface area contributed by atoms with Gasteiger partial charge in [0.05, 0.1) is 0 Å². The summed E-state index contributed by atoms with van der Waals surface area (Å²) in [5.74, 6) is 1.95. The van der Waals surface area contributed by atoms with Crippen LogP contribution in [-0.2, 0) is 13.0 Å². The molecule has 0 aliphatic carbocycles. The van der Waals surface area contributed by atoms with Crippen LogP contribution in [0.2, 0.25) is 0 Å². The molecule has 0 aliphatic heterocycles. The van der Waals surface area contributed by atoms with Gasteiger partial charge < -0.3 is 10.2 Å². The van der Waals surface area contributed by atoms with Crippen molar-refractivity contribution >= 4 is 11.6 Å². The summed E-state index contributed by atoms with van der Waals surface area (Å²) in [6.45, 7) is 6.06. The molecule has 112 valence electrons. The van der Waals surface area contributed by atoms with Gasteiger partial charge in [-0.25, -0.2) is 9.97 Å². The predicted molar refractivity (Wildman–Crippen MR) is 86.5 cm³/mol. The fourth-order valence-electron chi connectivity index (χ4n) is 2.42. The molecule has 0 saturated heterocycles. The van der Waals surface area contributed by atoms with Gasteiger partial charge in [-0.1, -0.05) is 13.3 Å². The molecule has 2 heterocycles. The minimum atomic E-state index is 0.829. The maximum Gasteiger partial charge on any atom is 0.137 e. The Hall–Kier alpha value is -2.17. The summed E-state index contributed by atoms with van der Waals surface area (Å²) < 4.78 is 0. The number of hydrogen-bond donors (Lipinski definition) is 1. The van der Waals surface area contributed by atoms with Gasteiger partial charge in [-0.3, -0.25) is 4.98 Å². The lowest BCUT2D eigenvalue weighted by molar-refractivity contribution is 0.788. The number of anilines is 2. The fourth-order valence-corrected chi connectivity index (χ4v) is 2.42. The van der Waals surface area contributed by atoms with Crippen molar-refractivity contribution in [1.29, 1.82) is 0 Å². The van der Waals surface area contributed by atoms with E-state index in [4.69, 9.17) is 0 Å². The summed E-state index contributed by atoms with van der Waals surface area (Å²) in [4.78, 5) is 15.2. The van der Waals surface area contributed by atoms with Crippen molar-refractivity contribution in [2.24, 2.45) is 0 Å². The molecule has 0 fully saturated rings. The smallest absolute Gasteiger partial charge is 0.137 e. The number of aromatic nitrogens is 3.